The molecule has 0 unspecified atom stereocenters. The number of pyridine rings is 2. The standard InChI is InChI=1S/C16H12N4OS/c17-10-12-13(11-4-6-18-7-5-11)14(15(21)19-16(12)22)20-8-2-1-3-9-20/h1-9,13-14H,(H-,19,21,22)/p+1/t13-,14-/m1/s1. The lowest BCUT2D eigenvalue weighted by molar-refractivity contribution is -0.711. The van der Waals surface area contributed by atoms with Crippen LogP contribution in [0.15, 0.2) is 65.7 Å². The van der Waals surface area contributed by atoms with Crippen molar-refractivity contribution in [2.45, 2.75) is 12.0 Å². The van der Waals surface area contributed by atoms with Gasteiger partial charge in [-0.15, -0.1) is 12.6 Å². The molecule has 6 heteroatoms. The minimum Gasteiger partial charge on any atom is -0.314 e. The molecular weight excluding hydrogens is 296 g/mol. The van der Waals surface area contributed by atoms with Crippen molar-refractivity contribution < 1.29 is 9.36 Å². The van der Waals surface area contributed by atoms with Gasteiger partial charge in [0.1, 0.15) is 0 Å². The molecule has 0 saturated carbocycles. The van der Waals surface area contributed by atoms with E-state index in [1.54, 1.807) is 17.0 Å². The van der Waals surface area contributed by atoms with E-state index >= 15 is 0 Å². The van der Waals surface area contributed by atoms with Crippen LogP contribution in [0, 0.1) is 11.3 Å². The number of hydrogen-bond acceptors (Lipinski definition) is 4. The van der Waals surface area contributed by atoms with Crippen LogP contribution >= 0.6 is 12.6 Å². The molecule has 108 valence electrons. The number of carbonyl (C=O) groups excluding carboxylic acids is 1. The van der Waals surface area contributed by atoms with Gasteiger partial charge >= 0.3 is 0 Å². The summed E-state index contributed by atoms with van der Waals surface area (Å²) in [5, 5.41) is 12.5. The second kappa shape index (κ2) is 6.00. The van der Waals surface area contributed by atoms with Crippen LogP contribution in [0.1, 0.15) is 17.5 Å². The maximum absolute atomic E-state index is 12.5. The minimum absolute atomic E-state index is 0.193. The topological polar surface area (TPSA) is 69.7 Å². The summed E-state index contributed by atoms with van der Waals surface area (Å²) in [7, 11) is 0. The third kappa shape index (κ3) is 2.47. The monoisotopic (exact) mass is 309 g/mol. The van der Waals surface area contributed by atoms with Gasteiger partial charge in [0, 0.05) is 24.5 Å². The molecule has 0 bridgehead atoms. The van der Waals surface area contributed by atoms with Gasteiger partial charge in [-0.2, -0.15) is 9.83 Å². The van der Waals surface area contributed by atoms with E-state index in [1.807, 2.05) is 42.7 Å². The average Bonchev–Trinajstić information content (AvgIpc) is 2.56. The first-order valence-electron chi connectivity index (χ1n) is 6.72. The maximum Gasteiger partial charge on any atom is 0.294 e. The van der Waals surface area contributed by atoms with E-state index in [2.05, 4.69) is 29.0 Å². The van der Waals surface area contributed by atoms with Crippen molar-refractivity contribution in [2.75, 3.05) is 0 Å². The lowest BCUT2D eigenvalue weighted by Gasteiger charge is -2.27. The highest BCUT2D eigenvalue weighted by molar-refractivity contribution is 7.84. The Balaban J connectivity index is 2.19. The first-order chi connectivity index (χ1) is 10.7. The first-order valence-corrected chi connectivity index (χ1v) is 7.17. The van der Waals surface area contributed by atoms with E-state index < -0.39 is 12.0 Å². The van der Waals surface area contributed by atoms with Gasteiger partial charge in [0.05, 0.1) is 22.6 Å². The second-order valence-corrected chi connectivity index (χ2v) is 5.34. The van der Waals surface area contributed by atoms with Crippen molar-refractivity contribution >= 4 is 18.5 Å². The summed E-state index contributed by atoms with van der Waals surface area (Å²) in [4.78, 5) is 16.5. The molecule has 1 aliphatic rings. The largest absolute Gasteiger partial charge is 0.314 e. The fourth-order valence-electron chi connectivity index (χ4n) is 2.66. The summed E-state index contributed by atoms with van der Waals surface area (Å²) in [5.74, 6) is -0.594. The molecule has 1 aliphatic heterocycles. The SMILES string of the molecule is N#CC1=C(S)NC(=O)[C@H]([n+]2ccccc2)[C@@H]1c1ccncc1. The summed E-state index contributed by atoms with van der Waals surface area (Å²) in [5.41, 5.74) is 1.30. The number of carbonyl (C=O) groups is 1. The Bertz CT molecular complexity index is 768. The van der Waals surface area contributed by atoms with Crippen molar-refractivity contribution in [2.24, 2.45) is 0 Å². The van der Waals surface area contributed by atoms with Crippen LogP contribution in [-0.4, -0.2) is 10.9 Å². The molecule has 0 fully saturated rings. The Kier molecular flexibility index (Phi) is 3.90. The van der Waals surface area contributed by atoms with Crippen molar-refractivity contribution in [3.8, 4) is 6.07 Å². The van der Waals surface area contributed by atoms with Gasteiger partial charge in [-0.05, 0) is 17.7 Å². The van der Waals surface area contributed by atoms with Crippen LogP contribution in [0.5, 0.6) is 0 Å². The highest BCUT2D eigenvalue weighted by Gasteiger charge is 2.44. The van der Waals surface area contributed by atoms with Gasteiger partial charge in [-0.25, -0.2) is 0 Å². The molecular formula is C16H13N4OS+. The molecule has 0 aromatic carbocycles. The number of allylic oxidation sites excluding steroid dienone is 1. The lowest BCUT2D eigenvalue weighted by atomic mass is 9.83. The number of hydrogen-bond donors (Lipinski definition) is 2. The number of rotatable bonds is 2. The van der Waals surface area contributed by atoms with Gasteiger partial charge in [-0.1, -0.05) is 6.07 Å². The third-order valence-electron chi connectivity index (χ3n) is 3.64. The van der Waals surface area contributed by atoms with E-state index in [-0.39, 0.29) is 5.91 Å². The zero-order valence-corrected chi connectivity index (χ0v) is 12.4. The van der Waals surface area contributed by atoms with E-state index in [0.29, 0.717) is 10.6 Å². The number of nitriles is 1. The van der Waals surface area contributed by atoms with Gasteiger partial charge < -0.3 is 5.32 Å². The number of thiol groups is 1. The predicted molar refractivity (Wildman–Crippen MR) is 82.4 cm³/mol. The number of aromatic nitrogens is 2. The molecule has 0 radical (unpaired) electrons. The fraction of sp³-hybridized carbons (Fsp3) is 0.125. The summed E-state index contributed by atoms with van der Waals surface area (Å²) in [6.45, 7) is 0. The van der Waals surface area contributed by atoms with Crippen LogP contribution in [0.4, 0.5) is 0 Å². The molecule has 0 spiro atoms. The molecule has 3 heterocycles. The number of nitrogens with zero attached hydrogens (tertiary/aromatic N) is 3. The molecule has 1 N–H and O–H groups in total. The van der Waals surface area contributed by atoms with E-state index in [1.165, 1.54) is 0 Å². The summed E-state index contributed by atoms with van der Waals surface area (Å²) in [6, 6.07) is 10.8. The van der Waals surface area contributed by atoms with Crippen LogP contribution in [0.2, 0.25) is 0 Å². The summed E-state index contributed by atoms with van der Waals surface area (Å²) < 4.78 is 1.80. The molecule has 1 amide bonds. The Labute approximate surface area is 133 Å². The van der Waals surface area contributed by atoms with Gasteiger partial charge in [0.15, 0.2) is 12.4 Å². The van der Waals surface area contributed by atoms with Crippen molar-refractivity contribution in [3.63, 3.8) is 0 Å². The van der Waals surface area contributed by atoms with Crippen molar-refractivity contribution in [3.05, 3.63) is 71.3 Å². The van der Waals surface area contributed by atoms with Crippen LogP contribution < -0.4 is 9.88 Å². The second-order valence-electron chi connectivity index (χ2n) is 4.89. The van der Waals surface area contributed by atoms with Crippen LogP contribution in [0.3, 0.4) is 0 Å². The Morgan fingerprint density at radius 2 is 1.91 bits per heavy atom. The van der Waals surface area contributed by atoms with Crippen LogP contribution in [0.25, 0.3) is 0 Å². The minimum atomic E-state index is -0.547. The van der Waals surface area contributed by atoms with E-state index in [4.69, 9.17) is 0 Å². The zero-order valence-electron chi connectivity index (χ0n) is 11.5. The number of nitrogens with one attached hydrogen (secondary N) is 1. The average molecular weight is 309 g/mol. The third-order valence-corrected chi connectivity index (χ3v) is 3.99. The molecule has 2 aromatic heterocycles. The molecule has 22 heavy (non-hydrogen) atoms. The van der Waals surface area contributed by atoms with Crippen molar-refractivity contribution in [1.82, 2.24) is 10.3 Å². The normalized spacial score (nSPS) is 21.2. The zero-order chi connectivity index (χ0) is 15.5. The highest BCUT2D eigenvalue weighted by atomic mass is 32.1. The molecule has 3 rings (SSSR count). The quantitative estimate of drug-likeness (QED) is 0.652. The van der Waals surface area contributed by atoms with E-state index in [0.717, 1.165) is 5.56 Å². The Morgan fingerprint density at radius 3 is 2.55 bits per heavy atom. The van der Waals surface area contributed by atoms with Gasteiger partial charge in [0.2, 0.25) is 6.04 Å². The highest BCUT2D eigenvalue weighted by Crippen LogP contribution is 2.37. The lowest BCUT2D eigenvalue weighted by Crippen LogP contribution is -2.53. The molecule has 2 atom stereocenters. The van der Waals surface area contributed by atoms with Crippen LogP contribution in [-0.2, 0) is 4.79 Å². The van der Waals surface area contributed by atoms with E-state index in [9.17, 15) is 10.1 Å². The Morgan fingerprint density at radius 1 is 1.23 bits per heavy atom. The first kappa shape index (κ1) is 14.3. The maximum atomic E-state index is 12.5. The number of amides is 1. The summed E-state index contributed by atoms with van der Waals surface area (Å²) in [6.07, 6.45) is 6.94. The predicted octanol–water partition coefficient (Wildman–Crippen LogP) is 1.49. The van der Waals surface area contributed by atoms with Gasteiger partial charge in [0.25, 0.3) is 5.91 Å². The molecule has 5 nitrogen and oxygen atoms in total. The smallest absolute Gasteiger partial charge is 0.294 e. The fourth-order valence-corrected chi connectivity index (χ4v) is 2.96. The molecule has 2 aromatic rings. The van der Waals surface area contributed by atoms with Gasteiger partial charge in [-0.3, -0.25) is 9.78 Å². The summed E-state index contributed by atoms with van der Waals surface area (Å²) >= 11 is 4.26. The molecule has 0 aliphatic carbocycles. The van der Waals surface area contributed by atoms with Crippen molar-refractivity contribution in [1.29, 1.82) is 5.26 Å². The Hall–Kier alpha value is -2.65. The molecule has 0 saturated heterocycles.